The number of rotatable bonds is 8. The molecule has 0 amide bonds. The molecular weight excluding hydrogens is 672 g/mol. The van der Waals surface area contributed by atoms with E-state index in [4.69, 9.17) is 29.8 Å². The van der Waals surface area contributed by atoms with Gasteiger partial charge in [-0.25, -0.2) is 0 Å². The molecule has 47 heavy (non-hydrogen) atoms. The summed E-state index contributed by atoms with van der Waals surface area (Å²) in [7, 11) is -3.18. The van der Waals surface area contributed by atoms with E-state index in [1.807, 2.05) is 24.3 Å². The molecule has 0 fully saturated rings. The second-order valence-corrected chi connectivity index (χ2v) is 24.0. The second kappa shape index (κ2) is 18.7. The number of nitrogens with zero attached hydrogens (tertiary/aromatic N) is 2. The molecule has 0 aliphatic heterocycles. The van der Waals surface area contributed by atoms with Gasteiger partial charge in [-0.15, -0.1) is 0 Å². The monoisotopic (exact) mass is 721 g/mol. The van der Waals surface area contributed by atoms with Gasteiger partial charge in [0.2, 0.25) is 0 Å². The molecule has 0 saturated carbocycles. The molecule has 0 bridgehead atoms. The maximum Gasteiger partial charge on any atom is 2.00 e. The molecule has 0 aliphatic carbocycles. The average molecular weight is 722 g/mol. The molecule has 1 radical (unpaired) electrons. The van der Waals surface area contributed by atoms with Gasteiger partial charge in [0.1, 0.15) is 11.5 Å². The van der Waals surface area contributed by atoms with Crippen molar-refractivity contribution in [1.29, 1.82) is 0 Å². The number of hydrogen-bond acceptors (Lipinski definition) is 8. The van der Waals surface area contributed by atoms with Crippen molar-refractivity contribution in [2.24, 2.45) is 9.98 Å². The number of phenols is 2. The number of para-hydroxylation sites is 2. The van der Waals surface area contributed by atoms with Gasteiger partial charge in [-0.3, -0.25) is 9.98 Å². The Balaban J connectivity index is 0.00000211. The van der Waals surface area contributed by atoms with Gasteiger partial charge in [0.25, 0.3) is 0 Å². The van der Waals surface area contributed by atoms with E-state index in [1.54, 1.807) is 12.4 Å². The third kappa shape index (κ3) is 14.4. The van der Waals surface area contributed by atoms with Gasteiger partial charge in [0, 0.05) is 35.5 Å². The summed E-state index contributed by atoms with van der Waals surface area (Å²) in [5, 5.41) is 42.4. The molecule has 0 aliphatic rings. The summed E-state index contributed by atoms with van der Waals surface area (Å²) >= 11 is 0. The number of carbonyl (C=O) groups is 2. The number of aromatic hydroxyl groups is 2. The number of hydrogen-bond donors (Lipinski definition) is 2. The van der Waals surface area contributed by atoms with Crippen LogP contribution in [0, 0.1) is 0 Å². The van der Waals surface area contributed by atoms with E-state index in [1.165, 1.54) is 10.4 Å². The Hall–Kier alpha value is -3.52. The second-order valence-electron chi connectivity index (χ2n) is 13.8. The number of benzene rings is 3. The molecule has 3 rings (SSSR count). The standard InChI is InChI=1S/C32H44N2O2Si2.2C2H4O2.Co/c1-21(2)27-17-25(37(5,6)7)15-23(31(27)35)19-33-29-13-11-12-14-30(29)34-20-24-16-26(38(8,9)10)18-28(22(3)4)32(24)36;2*1-2(3)4;/h11-22,35-36H,1-10H3;2*1H3,(H,3,4);/q;;;+2/p-2. The topological polar surface area (TPSA) is 145 Å². The van der Waals surface area contributed by atoms with Crippen LogP contribution in [0.15, 0.2) is 58.5 Å². The molecule has 0 unspecified atom stereocenters. The summed E-state index contributed by atoms with van der Waals surface area (Å²) in [5.41, 5.74) is 4.78. The molecule has 3 aromatic rings. The van der Waals surface area contributed by atoms with Gasteiger partial charge in [0.15, 0.2) is 0 Å². The SMILES string of the molecule is CC(=O)[O-].CC(=O)[O-].CC(C)c1cc([Si](C)(C)C)cc(C=Nc2ccccc2N=Cc2cc([Si](C)(C)C)cc(C(C)C)c2O)c1O.[Co+2]. The van der Waals surface area contributed by atoms with Gasteiger partial charge in [-0.05, 0) is 48.9 Å². The first-order valence-electron chi connectivity index (χ1n) is 15.3. The Morgan fingerprint density at radius 1 is 0.660 bits per heavy atom. The maximum atomic E-state index is 11.0. The number of aliphatic carboxylic acids is 2. The van der Waals surface area contributed by atoms with E-state index >= 15 is 0 Å². The molecule has 11 heteroatoms. The van der Waals surface area contributed by atoms with Gasteiger partial charge >= 0.3 is 16.8 Å². The first-order valence-corrected chi connectivity index (χ1v) is 22.3. The Labute approximate surface area is 292 Å². The zero-order valence-corrected chi connectivity index (χ0v) is 32.7. The summed E-state index contributed by atoms with van der Waals surface area (Å²) in [4.78, 5) is 27.3. The molecule has 0 spiro atoms. The van der Waals surface area contributed by atoms with Crippen LogP contribution in [-0.2, 0) is 26.4 Å². The largest absolute Gasteiger partial charge is 2.00 e. The fraction of sp³-hybridized carbons (Fsp3) is 0.389. The fourth-order valence-corrected chi connectivity index (χ4v) is 6.62. The predicted molar refractivity (Wildman–Crippen MR) is 193 cm³/mol. The summed E-state index contributed by atoms with van der Waals surface area (Å²) in [6.45, 7) is 24.2. The maximum absolute atomic E-state index is 11.0. The Bertz CT molecular complexity index is 1450. The smallest absolute Gasteiger partial charge is 0.550 e. The molecule has 8 nitrogen and oxygen atoms in total. The zero-order valence-electron chi connectivity index (χ0n) is 29.7. The van der Waals surface area contributed by atoms with Crippen molar-refractivity contribution in [3.63, 3.8) is 0 Å². The van der Waals surface area contributed by atoms with Crippen LogP contribution < -0.4 is 20.6 Å². The van der Waals surface area contributed by atoms with Crippen molar-refractivity contribution in [1.82, 2.24) is 0 Å². The normalized spacial score (nSPS) is 11.5. The van der Waals surface area contributed by atoms with E-state index in [9.17, 15) is 10.2 Å². The Morgan fingerprint density at radius 2 is 0.936 bits per heavy atom. The van der Waals surface area contributed by atoms with Crippen molar-refractivity contribution in [2.75, 3.05) is 0 Å². The van der Waals surface area contributed by atoms with Gasteiger partial charge in [-0.2, -0.15) is 0 Å². The number of carboxylic acids is 2. The molecule has 3 aromatic carbocycles. The molecule has 0 atom stereocenters. The van der Waals surface area contributed by atoms with Crippen LogP contribution in [-0.4, -0.2) is 50.7 Å². The molecule has 2 N–H and O–H groups in total. The quantitative estimate of drug-likeness (QED) is 0.234. The number of carbonyl (C=O) groups excluding carboxylic acids is 2. The van der Waals surface area contributed by atoms with Crippen LogP contribution in [0.25, 0.3) is 0 Å². The molecule has 257 valence electrons. The summed E-state index contributed by atoms with van der Waals surface area (Å²) in [6.07, 6.45) is 3.50. The van der Waals surface area contributed by atoms with Crippen LogP contribution in [0.2, 0.25) is 39.3 Å². The summed E-state index contributed by atoms with van der Waals surface area (Å²) < 4.78 is 0. The zero-order chi connectivity index (χ0) is 35.6. The molecular formula is C36H50CoN2O6Si2. The number of phenolic OH excluding ortho intramolecular Hbond substituents is 2. The first kappa shape index (κ1) is 43.5. The van der Waals surface area contributed by atoms with Crippen molar-refractivity contribution in [3.8, 4) is 11.5 Å². The minimum Gasteiger partial charge on any atom is -0.550 e. The minimum absolute atomic E-state index is 0. The van der Waals surface area contributed by atoms with E-state index in [0.29, 0.717) is 22.9 Å². The van der Waals surface area contributed by atoms with Gasteiger partial charge < -0.3 is 30.0 Å². The Kier molecular flexibility index (Phi) is 17.3. The molecule has 0 heterocycles. The molecule has 0 aromatic heterocycles. The third-order valence-corrected chi connectivity index (χ3v) is 10.9. The van der Waals surface area contributed by atoms with E-state index in [0.717, 1.165) is 36.1 Å². The molecule has 0 saturated heterocycles. The number of carboxylic acid groups (broad SMARTS) is 2. The van der Waals surface area contributed by atoms with Gasteiger partial charge in [-0.1, -0.05) is 114 Å². The van der Waals surface area contributed by atoms with E-state index < -0.39 is 28.1 Å². The van der Waals surface area contributed by atoms with Crippen molar-refractivity contribution < 1.29 is 46.8 Å². The van der Waals surface area contributed by atoms with Crippen LogP contribution >= 0.6 is 0 Å². The Morgan fingerprint density at radius 3 is 1.17 bits per heavy atom. The average Bonchev–Trinajstić information content (AvgIpc) is 2.90. The van der Waals surface area contributed by atoms with Gasteiger partial charge in [0.05, 0.1) is 27.5 Å². The first-order chi connectivity index (χ1) is 21.1. The van der Waals surface area contributed by atoms with Crippen LogP contribution in [0.4, 0.5) is 11.4 Å². The summed E-state index contributed by atoms with van der Waals surface area (Å²) in [6, 6.07) is 16.2. The van der Waals surface area contributed by atoms with Crippen molar-refractivity contribution in [2.45, 2.75) is 92.7 Å². The minimum atomic E-state index is -1.59. The van der Waals surface area contributed by atoms with E-state index in [2.05, 4.69) is 91.2 Å². The van der Waals surface area contributed by atoms with Crippen LogP contribution in [0.1, 0.15) is 75.6 Å². The van der Waals surface area contributed by atoms with E-state index in [-0.39, 0.29) is 28.6 Å². The van der Waals surface area contributed by atoms with Crippen molar-refractivity contribution in [3.05, 3.63) is 70.8 Å². The van der Waals surface area contributed by atoms with Crippen LogP contribution in [0.3, 0.4) is 0 Å². The summed E-state index contributed by atoms with van der Waals surface area (Å²) in [5.74, 6) is -1.15. The van der Waals surface area contributed by atoms with Crippen LogP contribution in [0.5, 0.6) is 11.5 Å². The number of aliphatic imine (C=N–C) groups is 2. The predicted octanol–water partition coefficient (Wildman–Crippen LogP) is 5.45. The van der Waals surface area contributed by atoms with Crippen molar-refractivity contribution >= 4 is 62.3 Å². The fourth-order valence-electron chi connectivity index (χ4n) is 4.26. The third-order valence-electron chi connectivity index (χ3n) is 6.88.